The second-order valence-electron chi connectivity index (χ2n) is 7.40. The molecule has 2 unspecified atom stereocenters. The van der Waals surface area contributed by atoms with Crippen LogP contribution in [0.15, 0.2) is 28.9 Å². The van der Waals surface area contributed by atoms with E-state index in [0.29, 0.717) is 35.0 Å². The summed E-state index contributed by atoms with van der Waals surface area (Å²) in [5.74, 6) is -2.56. The maximum absolute atomic E-state index is 15.2. The van der Waals surface area contributed by atoms with Crippen LogP contribution in [0.3, 0.4) is 0 Å². The van der Waals surface area contributed by atoms with Gasteiger partial charge in [0, 0.05) is 17.3 Å². The number of nitrogens with one attached hydrogen (secondary N) is 1. The zero-order valence-electron chi connectivity index (χ0n) is 17.2. The standard InChI is InChI=1S/C21H21BrF2N4O3S/c1-2-9-32(30)27-19-15(23)7-6-13(17(19)24)20(29)18-14-10-12(22)11-25-21(14)28(26-18)16-5-3-4-8-31-16/h6-7,10-11,16,27H,2-5,8-9H2,1H3. The molecule has 1 N–H and O–H groups in total. The third kappa shape index (κ3) is 4.52. The van der Waals surface area contributed by atoms with Crippen LogP contribution in [0.1, 0.15) is 54.9 Å². The van der Waals surface area contributed by atoms with Gasteiger partial charge in [-0.1, -0.05) is 6.92 Å². The van der Waals surface area contributed by atoms with E-state index in [1.54, 1.807) is 23.9 Å². The summed E-state index contributed by atoms with van der Waals surface area (Å²) in [7, 11) is 0. The first-order valence-corrected chi connectivity index (χ1v) is 12.3. The molecule has 3 heterocycles. The molecule has 11 heteroatoms. The average Bonchev–Trinajstić information content (AvgIpc) is 3.15. The lowest BCUT2D eigenvalue weighted by Crippen LogP contribution is -2.20. The van der Waals surface area contributed by atoms with Gasteiger partial charge in [-0.15, -0.1) is 0 Å². The normalized spacial score (nSPS) is 17.5. The van der Waals surface area contributed by atoms with Gasteiger partial charge in [0.1, 0.15) is 11.4 Å². The molecule has 1 aromatic carbocycles. The Morgan fingerprint density at radius 3 is 2.94 bits per heavy atom. The molecule has 1 fully saturated rings. The molecule has 0 radical (unpaired) electrons. The van der Waals surface area contributed by atoms with Crippen molar-refractivity contribution in [3.8, 4) is 0 Å². The molecule has 0 bridgehead atoms. The van der Waals surface area contributed by atoms with Crippen molar-refractivity contribution in [1.82, 2.24) is 14.8 Å². The molecule has 0 aliphatic carbocycles. The van der Waals surface area contributed by atoms with E-state index in [1.165, 1.54) is 0 Å². The molecule has 3 aromatic rings. The second-order valence-corrected chi connectivity index (χ2v) is 9.62. The van der Waals surface area contributed by atoms with E-state index in [1.807, 2.05) is 0 Å². The van der Waals surface area contributed by atoms with Gasteiger partial charge < -0.3 is 9.29 Å². The summed E-state index contributed by atoms with van der Waals surface area (Å²) in [6.45, 7) is 2.37. The lowest BCUT2D eigenvalue weighted by Gasteiger charge is -2.22. The lowest BCUT2D eigenvalue weighted by atomic mass is 10.0. The van der Waals surface area contributed by atoms with Crippen LogP contribution in [-0.4, -0.2) is 37.5 Å². The van der Waals surface area contributed by atoms with Crippen molar-refractivity contribution in [3.05, 3.63) is 51.8 Å². The SMILES string of the molecule is CCC[S+]([O-])Nc1c(F)ccc(C(=O)c2nn(C3CCCCO3)c3ncc(Br)cc23)c1F. The van der Waals surface area contributed by atoms with Crippen molar-refractivity contribution < 1.29 is 22.9 Å². The molecule has 0 amide bonds. The summed E-state index contributed by atoms with van der Waals surface area (Å²) in [5.41, 5.74) is -0.553. The number of aromatic nitrogens is 3. The maximum Gasteiger partial charge on any atom is 0.216 e. The zero-order chi connectivity index (χ0) is 22.8. The van der Waals surface area contributed by atoms with Crippen molar-refractivity contribution in [2.24, 2.45) is 0 Å². The molecule has 0 spiro atoms. The number of halogens is 3. The fourth-order valence-electron chi connectivity index (χ4n) is 3.58. The Morgan fingerprint density at radius 2 is 2.22 bits per heavy atom. The Balaban J connectivity index is 1.78. The number of carbonyl (C=O) groups excluding carboxylic acids is 1. The average molecular weight is 527 g/mol. The minimum atomic E-state index is -1.68. The number of ether oxygens (including phenoxy) is 1. The number of nitrogens with zero attached hydrogens (tertiary/aromatic N) is 3. The van der Waals surface area contributed by atoms with Crippen LogP contribution in [-0.2, 0) is 16.1 Å². The van der Waals surface area contributed by atoms with E-state index in [9.17, 15) is 13.7 Å². The molecule has 170 valence electrons. The molecule has 1 aliphatic rings. The van der Waals surface area contributed by atoms with E-state index in [-0.39, 0.29) is 23.2 Å². The van der Waals surface area contributed by atoms with Gasteiger partial charge in [0.05, 0.1) is 22.3 Å². The molecular weight excluding hydrogens is 506 g/mol. The lowest BCUT2D eigenvalue weighted by molar-refractivity contribution is -0.0371. The fourth-order valence-corrected chi connectivity index (χ4v) is 4.80. The summed E-state index contributed by atoms with van der Waals surface area (Å²) < 4.78 is 51.7. The Kier molecular flexibility index (Phi) is 7.08. The minimum Gasteiger partial charge on any atom is -0.593 e. The highest BCUT2D eigenvalue weighted by Gasteiger charge is 2.29. The first-order valence-electron chi connectivity index (χ1n) is 10.2. The Labute approximate surface area is 195 Å². The van der Waals surface area contributed by atoms with Gasteiger partial charge >= 0.3 is 0 Å². The van der Waals surface area contributed by atoms with Crippen LogP contribution in [0.2, 0.25) is 0 Å². The molecule has 32 heavy (non-hydrogen) atoms. The highest BCUT2D eigenvalue weighted by Crippen LogP contribution is 2.31. The third-order valence-corrected chi connectivity index (χ3v) is 6.74. The molecule has 4 rings (SSSR count). The fraction of sp³-hybridized carbons (Fsp3) is 0.381. The first-order chi connectivity index (χ1) is 15.4. The summed E-state index contributed by atoms with van der Waals surface area (Å²) in [6.07, 6.45) is 4.37. The van der Waals surface area contributed by atoms with E-state index in [0.717, 1.165) is 25.0 Å². The van der Waals surface area contributed by atoms with Gasteiger partial charge in [0.2, 0.25) is 5.78 Å². The van der Waals surface area contributed by atoms with Crippen molar-refractivity contribution in [2.75, 3.05) is 17.1 Å². The highest BCUT2D eigenvalue weighted by molar-refractivity contribution is 9.10. The maximum atomic E-state index is 15.2. The Morgan fingerprint density at radius 1 is 1.41 bits per heavy atom. The predicted molar refractivity (Wildman–Crippen MR) is 121 cm³/mol. The number of fused-ring (bicyclic) bond motifs is 1. The zero-order valence-corrected chi connectivity index (χ0v) is 19.6. The number of rotatable bonds is 7. The number of ketones is 1. The predicted octanol–water partition coefficient (Wildman–Crippen LogP) is 4.89. The number of pyridine rings is 1. The van der Waals surface area contributed by atoms with Crippen LogP contribution >= 0.6 is 15.9 Å². The summed E-state index contributed by atoms with van der Waals surface area (Å²) >= 11 is 1.67. The van der Waals surface area contributed by atoms with E-state index >= 15 is 4.39 Å². The van der Waals surface area contributed by atoms with E-state index < -0.39 is 34.5 Å². The van der Waals surface area contributed by atoms with Crippen molar-refractivity contribution in [2.45, 2.75) is 38.8 Å². The number of hydrogen-bond acceptors (Lipinski definition) is 6. The first kappa shape index (κ1) is 23.1. The van der Waals surface area contributed by atoms with Crippen LogP contribution in [0, 0.1) is 11.6 Å². The van der Waals surface area contributed by atoms with Gasteiger partial charge in [-0.25, -0.2) is 23.2 Å². The van der Waals surface area contributed by atoms with Crippen molar-refractivity contribution in [1.29, 1.82) is 0 Å². The highest BCUT2D eigenvalue weighted by atomic mass is 79.9. The summed E-state index contributed by atoms with van der Waals surface area (Å²) in [6, 6.07) is 3.71. The quantitative estimate of drug-likeness (QED) is 0.348. The molecule has 7 nitrogen and oxygen atoms in total. The van der Waals surface area contributed by atoms with Crippen LogP contribution in [0.5, 0.6) is 0 Å². The Hall–Kier alpha value is -2.08. The van der Waals surface area contributed by atoms with Crippen molar-refractivity contribution >= 4 is 49.8 Å². The summed E-state index contributed by atoms with van der Waals surface area (Å²) in [5, 5.41) is 4.85. The number of anilines is 1. The van der Waals surface area contributed by atoms with Crippen LogP contribution < -0.4 is 4.72 Å². The van der Waals surface area contributed by atoms with Crippen molar-refractivity contribution in [3.63, 3.8) is 0 Å². The molecule has 1 aliphatic heterocycles. The second kappa shape index (κ2) is 9.82. The van der Waals surface area contributed by atoms with Gasteiger partial charge in [-0.2, -0.15) is 5.10 Å². The number of benzene rings is 1. The van der Waals surface area contributed by atoms with E-state index in [4.69, 9.17) is 4.74 Å². The topological polar surface area (TPSA) is 92.1 Å². The van der Waals surface area contributed by atoms with E-state index in [2.05, 4.69) is 30.7 Å². The minimum absolute atomic E-state index is 0.0193. The smallest absolute Gasteiger partial charge is 0.216 e. The third-order valence-electron chi connectivity index (χ3n) is 5.10. The van der Waals surface area contributed by atoms with Crippen LogP contribution in [0.4, 0.5) is 14.5 Å². The molecule has 2 aromatic heterocycles. The molecular formula is C21H21BrF2N4O3S. The summed E-state index contributed by atoms with van der Waals surface area (Å²) in [4.78, 5) is 17.7. The monoisotopic (exact) mass is 526 g/mol. The number of hydrogen-bond donors (Lipinski definition) is 1. The number of carbonyl (C=O) groups is 1. The molecule has 1 saturated heterocycles. The van der Waals surface area contributed by atoms with Crippen LogP contribution in [0.25, 0.3) is 11.0 Å². The molecule has 2 atom stereocenters. The van der Waals surface area contributed by atoms with Gasteiger partial charge in [0.15, 0.2) is 29.2 Å². The Bertz CT molecular complexity index is 1150. The van der Waals surface area contributed by atoms with Gasteiger partial charge in [-0.3, -0.25) is 4.79 Å². The molecule has 0 saturated carbocycles. The largest absolute Gasteiger partial charge is 0.593 e. The van der Waals surface area contributed by atoms with Gasteiger partial charge in [0.25, 0.3) is 0 Å². The van der Waals surface area contributed by atoms with Gasteiger partial charge in [-0.05, 0) is 59.8 Å².